The van der Waals surface area contributed by atoms with Crippen molar-refractivity contribution in [3.63, 3.8) is 0 Å². The second-order valence-electron chi connectivity index (χ2n) is 16.1. The molecule has 16 heteroatoms. The van der Waals surface area contributed by atoms with Gasteiger partial charge in [-0.05, 0) is 87.7 Å². The quantitative estimate of drug-likeness (QED) is 0.241. The first-order chi connectivity index (χ1) is 28.6. The SMILES string of the molecule is CCN(CC1CCN(c2cnc(C(=O)NC3CCC(Oc4ccc(C#N)c(Cl)c4)CC3)cn2)CC1)C1CC(Oc2ccc3c(c2)C(=O)N(C2CCC(=O)NC2=O)C3=O)C1. The Bertz CT molecular complexity index is 2160. The van der Waals surface area contributed by atoms with Crippen molar-refractivity contribution >= 4 is 47.0 Å². The third-order valence-corrected chi connectivity index (χ3v) is 12.7. The van der Waals surface area contributed by atoms with Crippen LogP contribution in [0.5, 0.6) is 11.5 Å². The van der Waals surface area contributed by atoms with Crippen LogP contribution in [-0.2, 0) is 9.59 Å². The van der Waals surface area contributed by atoms with E-state index in [1.165, 1.54) is 0 Å². The number of halogens is 1. The van der Waals surface area contributed by atoms with Crippen LogP contribution >= 0.6 is 11.6 Å². The van der Waals surface area contributed by atoms with E-state index in [2.05, 4.69) is 43.4 Å². The number of nitriles is 1. The van der Waals surface area contributed by atoms with E-state index in [4.69, 9.17) is 26.3 Å². The normalized spacial score (nSPS) is 24.6. The van der Waals surface area contributed by atoms with Gasteiger partial charge in [-0.25, -0.2) is 9.97 Å². The summed E-state index contributed by atoms with van der Waals surface area (Å²) in [4.78, 5) is 78.1. The highest BCUT2D eigenvalue weighted by molar-refractivity contribution is 6.31. The first-order valence-electron chi connectivity index (χ1n) is 20.6. The Hall–Kier alpha value is -5.59. The Morgan fingerprint density at radius 1 is 0.915 bits per heavy atom. The Kier molecular flexibility index (Phi) is 11.8. The van der Waals surface area contributed by atoms with E-state index in [0.29, 0.717) is 39.7 Å². The zero-order valence-corrected chi connectivity index (χ0v) is 33.7. The molecule has 1 unspecified atom stereocenters. The molecule has 5 amide bonds. The van der Waals surface area contributed by atoms with Gasteiger partial charge >= 0.3 is 0 Å². The molecule has 2 N–H and O–H groups in total. The molecule has 2 saturated carbocycles. The lowest BCUT2D eigenvalue weighted by Crippen LogP contribution is -2.54. The number of nitrogens with zero attached hydrogens (tertiary/aromatic N) is 6. The van der Waals surface area contributed by atoms with Crippen LogP contribution < -0.4 is 25.0 Å². The topological polar surface area (TPSA) is 187 Å². The first kappa shape index (κ1) is 40.2. The van der Waals surface area contributed by atoms with Crippen molar-refractivity contribution in [2.75, 3.05) is 31.1 Å². The lowest BCUT2D eigenvalue weighted by molar-refractivity contribution is -0.136. The van der Waals surface area contributed by atoms with E-state index in [1.54, 1.807) is 48.8 Å². The highest BCUT2D eigenvalue weighted by atomic mass is 35.5. The number of aromatic nitrogens is 2. The van der Waals surface area contributed by atoms with E-state index in [1.807, 2.05) is 0 Å². The average molecular weight is 823 g/mol. The molecule has 4 fully saturated rings. The van der Waals surface area contributed by atoms with Crippen LogP contribution in [0.2, 0.25) is 5.02 Å². The Balaban J connectivity index is 0.748. The van der Waals surface area contributed by atoms with E-state index in [0.717, 1.165) is 88.3 Å². The number of amides is 5. The minimum absolute atomic E-state index is 0.00723. The molecule has 8 rings (SSSR count). The summed E-state index contributed by atoms with van der Waals surface area (Å²) >= 11 is 6.15. The molecule has 1 atom stereocenters. The number of hydrogen-bond acceptors (Lipinski definition) is 12. The number of carbonyl (C=O) groups is 5. The predicted octanol–water partition coefficient (Wildman–Crippen LogP) is 4.67. The second-order valence-corrected chi connectivity index (χ2v) is 16.5. The number of hydrogen-bond donors (Lipinski definition) is 2. The molecule has 0 bridgehead atoms. The monoisotopic (exact) mass is 822 g/mol. The molecule has 4 heterocycles. The maximum absolute atomic E-state index is 13.2. The van der Waals surface area contributed by atoms with Crippen molar-refractivity contribution in [3.05, 3.63) is 76.2 Å². The number of carbonyl (C=O) groups excluding carboxylic acids is 5. The van der Waals surface area contributed by atoms with E-state index < -0.39 is 29.7 Å². The molecule has 5 aliphatic rings. The van der Waals surface area contributed by atoms with Crippen LogP contribution in [0.4, 0.5) is 5.82 Å². The van der Waals surface area contributed by atoms with Gasteiger partial charge in [0.15, 0.2) is 0 Å². The van der Waals surface area contributed by atoms with Gasteiger partial charge in [-0.3, -0.25) is 34.2 Å². The van der Waals surface area contributed by atoms with Crippen molar-refractivity contribution in [2.24, 2.45) is 5.92 Å². The molecule has 59 heavy (non-hydrogen) atoms. The summed E-state index contributed by atoms with van der Waals surface area (Å²) in [6.45, 7) is 5.83. The zero-order valence-electron chi connectivity index (χ0n) is 32.9. The number of anilines is 1. The standard InChI is InChI=1S/C43H47ClN8O7/c1-2-50(28-17-32(18-28)59-30-9-10-33-34(19-30)43(57)52(42(33)56)37-11-12-39(53)49-41(37)55)24-25-13-15-51(16-14-25)38-23-46-36(22-47-38)40(54)48-27-4-7-29(8-5-27)58-31-6-3-26(21-45)35(44)20-31/h3,6,9-10,19-20,22-23,25,27-29,32,37H,2,4-5,7-8,11-18,24H2,1H3,(H,48,54)(H,49,53,55). The van der Waals surface area contributed by atoms with Crippen molar-refractivity contribution in [1.29, 1.82) is 5.26 Å². The van der Waals surface area contributed by atoms with E-state index in [9.17, 15) is 24.0 Å². The molecule has 0 spiro atoms. The van der Waals surface area contributed by atoms with Crippen molar-refractivity contribution in [2.45, 2.75) is 101 Å². The Labute approximate surface area is 347 Å². The number of nitrogens with one attached hydrogen (secondary N) is 2. The van der Waals surface area contributed by atoms with Gasteiger partial charge in [0.1, 0.15) is 41.2 Å². The summed E-state index contributed by atoms with van der Waals surface area (Å²) in [5.41, 5.74) is 1.16. The number of fused-ring (bicyclic) bond motifs is 1. The molecule has 15 nitrogen and oxygen atoms in total. The summed E-state index contributed by atoms with van der Waals surface area (Å²) in [6.07, 6.45) is 10.4. The van der Waals surface area contributed by atoms with Gasteiger partial charge in [-0.2, -0.15) is 5.26 Å². The van der Waals surface area contributed by atoms with Gasteiger partial charge < -0.3 is 24.6 Å². The number of ether oxygens (including phenoxy) is 2. The molecule has 2 aliphatic carbocycles. The molecule has 308 valence electrons. The molecule has 3 aromatic rings. The van der Waals surface area contributed by atoms with Crippen LogP contribution in [0.3, 0.4) is 0 Å². The number of benzene rings is 2. The fraction of sp³-hybridized carbons (Fsp3) is 0.488. The molecule has 3 aliphatic heterocycles. The van der Waals surface area contributed by atoms with Crippen molar-refractivity contribution in [1.82, 2.24) is 30.4 Å². The third-order valence-electron chi connectivity index (χ3n) is 12.4. The van der Waals surface area contributed by atoms with Crippen LogP contribution in [0.1, 0.15) is 108 Å². The minimum Gasteiger partial charge on any atom is -0.490 e. The smallest absolute Gasteiger partial charge is 0.271 e. The largest absolute Gasteiger partial charge is 0.490 e. The summed E-state index contributed by atoms with van der Waals surface area (Å²) in [5, 5.41) is 14.8. The molecule has 1 aromatic heterocycles. The Morgan fingerprint density at radius 3 is 2.31 bits per heavy atom. The fourth-order valence-electron chi connectivity index (χ4n) is 8.90. The van der Waals surface area contributed by atoms with Gasteiger partial charge in [-0.15, -0.1) is 0 Å². The zero-order chi connectivity index (χ0) is 41.2. The van der Waals surface area contributed by atoms with Gasteiger partial charge in [-0.1, -0.05) is 18.5 Å². The fourth-order valence-corrected chi connectivity index (χ4v) is 9.11. The van der Waals surface area contributed by atoms with E-state index >= 15 is 0 Å². The number of rotatable bonds is 12. The predicted molar refractivity (Wildman–Crippen MR) is 215 cm³/mol. The van der Waals surface area contributed by atoms with Crippen LogP contribution in [0.15, 0.2) is 48.8 Å². The van der Waals surface area contributed by atoms with Crippen LogP contribution in [0, 0.1) is 17.2 Å². The highest BCUT2D eigenvalue weighted by Gasteiger charge is 2.45. The lowest BCUT2D eigenvalue weighted by atomic mass is 9.86. The maximum Gasteiger partial charge on any atom is 0.271 e. The Morgan fingerprint density at radius 2 is 1.63 bits per heavy atom. The molecule has 2 aromatic carbocycles. The molecule has 2 saturated heterocycles. The summed E-state index contributed by atoms with van der Waals surface area (Å²) in [7, 11) is 0. The molecular formula is C43H47ClN8O7. The van der Waals surface area contributed by atoms with Gasteiger partial charge in [0, 0.05) is 57.0 Å². The molecule has 0 radical (unpaired) electrons. The minimum atomic E-state index is -1.00. The van der Waals surface area contributed by atoms with Crippen LogP contribution in [-0.4, -0.2) is 106 Å². The number of piperidine rings is 2. The van der Waals surface area contributed by atoms with E-state index in [-0.39, 0.29) is 48.1 Å². The number of imide groups is 2. The lowest BCUT2D eigenvalue weighted by Gasteiger charge is -2.44. The summed E-state index contributed by atoms with van der Waals surface area (Å²) in [5.74, 6) is 0.124. The first-order valence-corrected chi connectivity index (χ1v) is 20.9. The summed E-state index contributed by atoms with van der Waals surface area (Å²) < 4.78 is 12.3. The third kappa shape index (κ3) is 8.74. The second kappa shape index (κ2) is 17.3. The van der Waals surface area contributed by atoms with Gasteiger partial charge in [0.05, 0.1) is 40.2 Å². The van der Waals surface area contributed by atoms with Crippen molar-refractivity contribution < 1.29 is 33.4 Å². The van der Waals surface area contributed by atoms with Crippen LogP contribution in [0.25, 0.3) is 0 Å². The highest BCUT2D eigenvalue weighted by Crippen LogP contribution is 2.35. The van der Waals surface area contributed by atoms with Gasteiger partial charge in [0.2, 0.25) is 11.8 Å². The molecular weight excluding hydrogens is 776 g/mol. The van der Waals surface area contributed by atoms with Gasteiger partial charge in [0.25, 0.3) is 17.7 Å². The maximum atomic E-state index is 13.2. The average Bonchev–Trinajstić information content (AvgIpc) is 3.47. The van der Waals surface area contributed by atoms with Crippen molar-refractivity contribution in [3.8, 4) is 17.6 Å². The summed E-state index contributed by atoms with van der Waals surface area (Å²) in [6, 6.07) is 11.4.